The van der Waals surface area contributed by atoms with Crippen LogP contribution in [0.4, 0.5) is 5.69 Å². The molecule has 2 unspecified atom stereocenters. The molecule has 0 fully saturated rings. The molecule has 2 atom stereocenters. The minimum absolute atomic E-state index is 0.147. The van der Waals surface area contributed by atoms with Crippen LogP contribution < -0.4 is 16.4 Å². The number of rotatable bonds is 6. The van der Waals surface area contributed by atoms with E-state index in [-0.39, 0.29) is 6.04 Å². The fraction of sp³-hybridized carbons (Fsp3) is 0.533. The molecule has 0 saturated carbocycles. The molecule has 1 aromatic carbocycles. The fourth-order valence-corrected chi connectivity index (χ4v) is 2.43. The van der Waals surface area contributed by atoms with Crippen molar-refractivity contribution in [3.8, 4) is 0 Å². The van der Waals surface area contributed by atoms with Gasteiger partial charge in [0, 0.05) is 18.3 Å². The third-order valence-corrected chi connectivity index (χ3v) is 3.58. The zero-order valence-corrected chi connectivity index (χ0v) is 12.3. The third kappa shape index (κ3) is 3.70. The van der Waals surface area contributed by atoms with Crippen LogP contribution in [0.5, 0.6) is 0 Å². The molecule has 19 heavy (non-hydrogen) atoms. The van der Waals surface area contributed by atoms with Gasteiger partial charge in [0.1, 0.15) is 0 Å². The normalized spacial score (nSPS) is 15.6. The molecule has 1 rings (SSSR count). The van der Waals surface area contributed by atoms with E-state index in [2.05, 4.69) is 37.8 Å². The molecule has 0 spiro atoms. The summed E-state index contributed by atoms with van der Waals surface area (Å²) in [5.74, 6) is -0.458. The second-order valence-corrected chi connectivity index (χ2v) is 5.41. The Morgan fingerprint density at radius 2 is 2.00 bits per heavy atom. The number of para-hydroxylation sites is 1. The van der Waals surface area contributed by atoms with Gasteiger partial charge in [-0.05, 0) is 45.7 Å². The summed E-state index contributed by atoms with van der Waals surface area (Å²) >= 11 is 0. The van der Waals surface area contributed by atoms with Crippen molar-refractivity contribution in [3.63, 3.8) is 0 Å². The Hall–Kier alpha value is -1.55. The van der Waals surface area contributed by atoms with Crippen LogP contribution >= 0.6 is 0 Å². The van der Waals surface area contributed by atoms with Crippen LogP contribution in [0.3, 0.4) is 0 Å². The molecular weight excluding hydrogens is 238 g/mol. The quantitative estimate of drug-likeness (QED) is 0.822. The number of carbonyl (C=O) groups is 1. The second kappa shape index (κ2) is 6.06. The minimum Gasteiger partial charge on any atom is -0.369 e. The number of carbonyl (C=O) groups excluding carboxylic acids is 1. The average Bonchev–Trinajstić information content (AvgIpc) is 2.31. The molecule has 0 aliphatic rings. The first-order valence-electron chi connectivity index (χ1n) is 6.70. The highest BCUT2D eigenvalue weighted by molar-refractivity contribution is 5.84. The van der Waals surface area contributed by atoms with Crippen molar-refractivity contribution >= 4 is 11.6 Å². The van der Waals surface area contributed by atoms with Crippen molar-refractivity contribution in [3.05, 3.63) is 29.8 Å². The van der Waals surface area contributed by atoms with Crippen molar-refractivity contribution in [2.75, 3.05) is 11.4 Å². The van der Waals surface area contributed by atoms with Gasteiger partial charge in [-0.2, -0.15) is 0 Å². The number of hydrogen-bond acceptors (Lipinski definition) is 3. The van der Waals surface area contributed by atoms with E-state index >= 15 is 0 Å². The van der Waals surface area contributed by atoms with Gasteiger partial charge in [-0.15, -0.1) is 0 Å². The number of aryl methyl sites for hydroxylation is 1. The molecule has 0 bridgehead atoms. The van der Waals surface area contributed by atoms with Crippen LogP contribution in [0.1, 0.15) is 32.8 Å². The van der Waals surface area contributed by atoms with Gasteiger partial charge in [-0.3, -0.25) is 4.79 Å². The number of anilines is 1. The third-order valence-electron chi connectivity index (χ3n) is 3.58. The molecule has 1 amide bonds. The summed E-state index contributed by atoms with van der Waals surface area (Å²) in [6.45, 7) is 8.81. The summed E-state index contributed by atoms with van der Waals surface area (Å²) in [6.07, 6.45) is 0.532. The fourth-order valence-electron chi connectivity index (χ4n) is 2.43. The monoisotopic (exact) mass is 263 g/mol. The average molecular weight is 263 g/mol. The van der Waals surface area contributed by atoms with E-state index in [0.29, 0.717) is 6.42 Å². The number of nitrogens with two attached hydrogens (primary N) is 2. The maximum Gasteiger partial charge on any atom is 0.237 e. The number of benzene rings is 1. The highest BCUT2D eigenvalue weighted by Crippen LogP contribution is 2.24. The van der Waals surface area contributed by atoms with E-state index in [0.717, 1.165) is 6.54 Å². The summed E-state index contributed by atoms with van der Waals surface area (Å²) < 4.78 is 0. The van der Waals surface area contributed by atoms with E-state index in [4.69, 9.17) is 11.5 Å². The maximum absolute atomic E-state index is 11.3. The summed E-state index contributed by atoms with van der Waals surface area (Å²) in [6, 6.07) is 8.36. The number of hydrogen-bond donors (Lipinski definition) is 2. The lowest BCUT2D eigenvalue weighted by atomic mass is 9.93. The largest absolute Gasteiger partial charge is 0.369 e. The second-order valence-electron chi connectivity index (χ2n) is 5.41. The lowest BCUT2D eigenvalue weighted by Crippen LogP contribution is -2.53. The standard InChI is InChI=1S/C15H25N3O/c1-5-18(13-9-7-6-8-11(13)2)12(3)10-15(4,17)14(16)19/h6-9,12H,5,10,17H2,1-4H3,(H2,16,19). The van der Waals surface area contributed by atoms with E-state index in [1.165, 1.54) is 11.3 Å². The van der Waals surface area contributed by atoms with Gasteiger partial charge in [0.25, 0.3) is 0 Å². The molecule has 1 aromatic rings. The zero-order valence-electron chi connectivity index (χ0n) is 12.3. The van der Waals surface area contributed by atoms with Crippen molar-refractivity contribution in [2.45, 2.75) is 45.7 Å². The molecule has 4 nitrogen and oxygen atoms in total. The topological polar surface area (TPSA) is 72.3 Å². The van der Waals surface area contributed by atoms with Crippen molar-refractivity contribution < 1.29 is 4.79 Å². The first-order valence-corrected chi connectivity index (χ1v) is 6.70. The molecule has 4 heteroatoms. The zero-order chi connectivity index (χ0) is 14.6. The Bertz CT molecular complexity index is 443. The van der Waals surface area contributed by atoms with Crippen LogP contribution in [0.15, 0.2) is 24.3 Å². The van der Waals surface area contributed by atoms with Crippen LogP contribution in [-0.2, 0) is 4.79 Å². The summed E-state index contributed by atoms with van der Waals surface area (Å²) in [5.41, 5.74) is 12.7. The van der Waals surface area contributed by atoms with E-state index < -0.39 is 11.4 Å². The smallest absolute Gasteiger partial charge is 0.237 e. The molecule has 0 aliphatic heterocycles. The molecule has 0 aromatic heterocycles. The number of primary amides is 1. The van der Waals surface area contributed by atoms with Crippen molar-refractivity contribution in [2.24, 2.45) is 11.5 Å². The van der Waals surface area contributed by atoms with Crippen LogP contribution in [-0.4, -0.2) is 24.0 Å². The predicted octanol–water partition coefficient (Wildman–Crippen LogP) is 1.80. The SMILES string of the molecule is CCN(c1ccccc1C)C(C)CC(C)(N)C(N)=O. The Kier molecular flexibility index (Phi) is 4.95. The molecule has 0 saturated heterocycles. The minimum atomic E-state index is -0.977. The molecule has 106 valence electrons. The van der Waals surface area contributed by atoms with Gasteiger partial charge in [0.2, 0.25) is 5.91 Å². The highest BCUT2D eigenvalue weighted by Gasteiger charge is 2.30. The maximum atomic E-state index is 11.3. The van der Waals surface area contributed by atoms with E-state index in [1.54, 1.807) is 6.92 Å². The Labute approximate surface area is 115 Å². The van der Waals surface area contributed by atoms with E-state index in [9.17, 15) is 4.79 Å². The summed E-state index contributed by atoms with van der Waals surface area (Å²) in [4.78, 5) is 13.6. The molecule has 0 aliphatic carbocycles. The van der Waals surface area contributed by atoms with Crippen LogP contribution in [0, 0.1) is 6.92 Å². The Balaban J connectivity index is 2.93. The van der Waals surface area contributed by atoms with Gasteiger partial charge in [-0.1, -0.05) is 18.2 Å². The van der Waals surface area contributed by atoms with Crippen molar-refractivity contribution in [1.29, 1.82) is 0 Å². The van der Waals surface area contributed by atoms with Gasteiger partial charge in [0.15, 0.2) is 0 Å². The molecule has 4 N–H and O–H groups in total. The Morgan fingerprint density at radius 3 is 2.47 bits per heavy atom. The van der Waals surface area contributed by atoms with Gasteiger partial charge >= 0.3 is 0 Å². The lowest BCUT2D eigenvalue weighted by Gasteiger charge is -2.35. The number of amides is 1. The lowest BCUT2D eigenvalue weighted by molar-refractivity contribution is -0.122. The van der Waals surface area contributed by atoms with Gasteiger partial charge < -0.3 is 16.4 Å². The first-order chi connectivity index (χ1) is 8.79. The number of nitrogens with zero attached hydrogens (tertiary/aromatic N) is 1. The van der Waals surface area contributed by atoms with E-state index in [1.807, 2.05) is 12.1 Å². The molecular formula is C15H25N3O. The van der Waals surface area contributed by atoms with Crippen molar-refractivity contribution in [1.82, 2.24) is 0 Å². The highest BCUT2D eigenvalue weighted by atomic mass is 16.1. The summed E-state index contributed by atoms with van der Waals surface area (Å²) in [5, 5.41) is 0. The van der Waals surface area contributed by atoms with Crippen LogP contribution in [0.25, 0.3) is 0 Å². The molecule has 0 radical (unpaired) electrons. The Morgan fingerprint density at radius 1 is 1.42 bits per heavy atom. The van der Waals surface area contributed by atoms with Gasteiger partial charge in [-0.25, -0.2) is 0 Å². The molecule has 0 heterocycles. The first kappa shape index (κ1) is 15.5. The predicted molar refractivity (Wildman–Crippen MR) is 80.1 cm³/mol. The van der Waals surface area contributed by atoms with Crippen LogP contribution in [0.2, 0.25) is 0 Å². The summed E-state index contributed by atoms with van der Waals surface area (Å²) in [7, 11) is 0. The van der Waals surface area contributed by atoms with Gasteiger partial charge in [0.05, 0.1) is 5.54 Å².